The highest BCUT2D eigenvalue weighted by molar-refractivity contribution is 5.31. The average Bonchev–Trinajstić information content (AvgIpc) is 2.33. The Bertz CT molecular complexity index is 363. The van der Waals surface area contributed by atoms with E-state index in [1.54, 1.807) is 6.92 Å². The molecule has 0 bridgehead atoms. The first-order valence-electron chi connectivity index (χ1n) is 6.82. The van der Waals surface area contributed by atoms with Crippen molar-refractivity contribution < 1.29 is 14.6 Å². The van der Waals surface area contributed by atoms with Crippen LogP contribution in [0.4, 0.5) is 0 Å². The van der Waals surface area contributed by atoms with E-state index in [4.69, 9.17) is 14.6 Å². The van der Waals surface area contributed by atoms with Gasteiger partial charge in [0.1, 0.15) is 12.4 Å². The van der Waals surface area contributed by atoms with E-state index in [0.29, 0.717) is 13.2 Å². The lowest BCUT2D eigenvalue weighted by atomic mass is 9.87. The molecule has 1 aromatic carbocycles. The van der Waals surface area contributed by atoms with Gasteiger partial charge >= 0.3 is 0 Å². The van der Waals surface area contributed by atoms with Crippen LogP contribution >= 0.6 is 0 Å². The maximum absolute atomic E-state index is 9.13. The Hall–Kier alpha value is -1.06. The van der Waals surface area contributed by atoms with Gasteiger partial charge < -0.3 is 14.6 Å². The van der Waals surface area contributed by atoms with Gasteiger partial charge in [-0.15, -0.1) is 0 Å². The monoisotopic (exact) mass is 266 g/mol. The van der Waals surface area contributed by atoms with Gasteiger partial charge in [0.2, 0.25) is 0 Å². The van der Waals surface area contributed by atoms with Crippen LogP contribution in [0.1, 0.15) is 40.2 Å². The maximum atomic E-state index is 9.13. The van der Waals surface area contributed by atoms with E-state index in [-0.39, 0.29) is 11.5 Å². The molecule has 0 spiro atoms. The van der Waals surface area contributed by atoms with Crippen molar-refractivity contribution in [3.8, 4) is 5.75 Å². The predicted molar refractivity (Wildman–Crippen MR) is 77.7 cm³/mol. The Balaban J connectivity index is 2.42. The summed E-state index contributed by atoms with van der Waals surface area (Å²) >= 11 is 0. The molecule has 2 atom stereocenters. The minimum atomic E-state index is -0.437. The van der Waals surface area contributed by atoms with Gasteiger partial charge in [-0.1, -0.05) is 32.9 Å². The number of benzene rings is 1. The van der Waals surface area contributed by atoms with E-state index in [1.807, 2.05) is 19.1 Å². The highest BCUT2D eigenvalue weighted by atomic mass is 16.5. The van der Waals surface area contributed by atoms with Crippen molar-refractivity contribution in [1.82, 2.24) is 0 Å². The molecule has 19 heavy (non-hydrogen) atoms. The second-order valence-corrected chi connectivity index (χ2v) is 6.08. The van der Waals surface area contributed by atoms with Crippen LogP contribution in [0.2, 0.25) is 0 Å². The van der Waals surface area contributed by atoms with E-state index >= 15 is 0 Å². The topological polar surface area (TPSA) is 38.7 Å². The summed E-state index contributed by atoms with van der Waals surface area (Å²) in [5.41, 5.74) is 1.45. The van der Waals surface area contributed by atoms with E-state index in [0.717, 1.165) is 5.75 Å². The molecule has 0 amide bonds. The van der Waals surface area contributed by atoms with Crippen LogP contribution < -0.4 is 4.74 Å². The van der Waals surface area contributed by atoms with Gasteiger partial charge in [0, 0.05) is 0 Å². The van der Waals surface area contributed by atoms with Crippen LogP contribution in [0, 0.1) is 0 Å². The molecule has 0 aliphatic heterocycles. The first-order chi connectivity index (χ1) is 8.79. The fourth-order valence-electron chi connectivity index (χ4n) is 1.62. The molecule has 3 nitrogen and oxygen atoms in total. The van der Waals surface area contributed by atoms with Gasteiger partial charge in [-0.3, -0.25) is 0 Å². The Morgan fingerprint density at radius 3 is 2.11 bits per heavy atom. The van der Waals surface area contributed by atoms with Crippen molar-refractivity contribution in [3.63, 3.8) is 0 Å². The van der Waals surface area contributed by atoms with Crippen molar-refractivity contribution in [2.24, 2.45) is 0 Å². The molecule has 0 heterocycles. The third kappa shape index (κ3) is 6.08. The van der Waals surface area contributed by atoms with Crippen molar-refractivity contribution >= 4 is 0 Å². The van der Waals surface area contributed by atoms with Crippen molar-refractivity contribution in [1.29, 1.82) is 0 Å². The van der Waals surface area contributed by atoms with E-state index in [9.17, 15) is 0 Å². The van der Waals surface area contributed by atoms with Crippen molar-refractivity contribution in [2.45, 2.75) is 52.2 Å². The van der Waals surface area contributed by atoms with Crippen LogP contribution in [0.3, 0.4) is 0 Å². The summed E-state index contributed by atoms with van der Waals surface area (Å²) in [5, 5.41) is 9.13. The molecule has 0 aliphatic carbocycles. The molecule has 0 aromatic heterocycles. The summed E-state index contributed by atoms with van der Waals surface area (Å²) < 4.78 is 11.1. The summed E-state index contributed by atoms with van der Waals surface area (Å²) in [7, 11) is 0. The highest BCUT2D eigenvalue weighted by Gasteiger charge is 2.13. The van der Waals surface area contributed by atoms with E-state index < -0.39 is 6.10 Å². The van der Waals surface area contributed by atoms with Crippen LogP contribution in [-0.4, -0.2) is 30.5 Å². The molecule has 0 saturated heterocycles. The normalized spacial score (nSPS) is 15.1. The predicted octanol–water partition coefficient (Wildman–Crippen LogP) is 3.15. The fraction of sp³-hybridized carbons (Fsp3) is 0.625. The lowest BCUT2D eigenvalue weighted by Gasteiger charge is -2.20. The summed E-state index contributed by atoms with van der Waals surface area (Å²) in [5.74, 6) is 0.848. The molecule has 3 heteroatoms. The molecule has 0 radical (unpaired) electrons. The van der Waals surface area contributed by atoms with Crippen LogP contribution in [0.25, 0.3) is 0 Å². The van der Waals surface area contributed by atoms with Crippen LogP contribution in [0.5, 0.6) is 5.75 Å². The summed E-state index contributed by atoms with van der Waals surface area (Å²) in [6.07, 6.45) is -0.467. The molecule has 0 fully saturated rings. The van der Waals surface area contributed by atoms with E-state index in [1.165, 1.54) is 5.56 Å². The molecule has 1 N–H and O–H groups in total. The fourth-order valence-corrected chi connectivity index (χ4v) is 1.62. The molecule has 1 aromatic rings. The molecule has 0 aliphatic rings. The Labute approximate surface area is 116 Å². The van der Waals surface area contributed by atoms with Gasteiger partial charge in [0.05, 0.1) is 18.8 Å². The van der Waals surface area contributed by atoms with Gasteiger partial charge in [0.15, 0.2) is 0 Å². The third-order valence-electron chi connectivity index (χ3n) is 2.83. The lowest BCUT2D eigenvalue weighted by molar-refractivity contribution is -0.0132. The summed E-state index contributed by atoms with van der Waals surface area (Å²) in [4.78, 5) is 0. The number of ether oxygens (including phenoxy) is 2. The van der Waals surface area contributed by atoms with Crippen molar-refractivity contribution in [2.75, 3.05) is 13.2 Å². The minimum absolute atomic E-state index is 0.0307. The quantitative estimate of drug-likeness (QED) is 0.859. The third-order valence-corrected chi connectivity index (χ3v) is 2.83. The Morgan fingerprint density at radius 1 is 1.05 bits per heavy atom. The minimum Gasteiger partial charge on any atom is -0.491 e. The first kappa shape index (κ1) is 16.0. The number of aliphatic hydroxyl groups excluding tert-OH is 1. The molecule has 0 saturated carbocycles. The van der Waals surface area contributed by atoms with Crippen LogP contribution in [0.15, 0.2) is 24.3 Å². The SMILES string of the molecule is CC(O)COC(C)COc1ccc(C(C)(C)C)cc1. The standard InChI is InChI=1S/C16H26O3/c1-12(17)10-18-13(2)11-19-15-8-6-14(7-9-15)16(3,4)5/h6-9,12-13,17H,10-11H2,1-5H3. The van der Waals surface area contributed by atoms with Crippen molar-refractivity contribution in [3.05, 3.63) is 29.8 Å². The lowest BCUT2D eigenvalue weighted by Crippen LogP contribution is -2.22. The van der Waals surface area contributed by atoms with Gasteiger partial charge in [-0.2, -0.15) is 0 Å². The largest absolute Gasteiger partial charge is 0.491 e. The molecule has 2 unspecified atom stereocenters. The second kappa shape index (κ2) is 6.92. The first-order valence-corrected chi connectivity index (χ1v) is 6.82. The van der Waals surface area contributed by atoms with Crippen LogP contribution in [-0.2, 0) is 10.2 Å². The molecule has 1 rings (SSSR count). The van der Waals surface area contributed by atoms with Gasteiger partial charge in [-0.25, -0.2) is 0 Å². The summed E-state index contributed by atoms with van der Waals surface area (Å²) in [6.45, 7) is 11.0. The highest BCUT2D eigenvalue weighted by Crippen LogP contribution is 2.24. The average molecular weight is 266 g/mol. The number of aliphatic hydroxyl groups is 1. The number of hydrogen-bond acceptors (Lipinski definition) is 3. The summed E-state index contributed by atoms with van der Waals surface area (Å²) in [6, 6.07) is 8.16. The molecular formula is C16H26O3. The smallest absolute Gasteiger partial charge is 0.119 e. The second-order valence-electron chi connectivity index (χ2n) is 6.08. The maximum Gasteiger partial charge on any atom is 0.119 e. The van der Waals surface area contributed by atoms with Gasteiger partial charge in [-0.05, 0) is 37.0 Å². The molecule has 108 valence electrons. The number of hydrogen-bond donors (Lipinski definition) is 1. The van der Waals surface area contributed by atoms with Gasteiger partial charge in [0.25, 0.3) is 0 Å². The Morgan fingerprint density at radius 2 is 1.63 bits per heavy atom. The molecular weight excluding hydrogens is 240 g/mol. The van der Waals surface area contributed by atoms with E-state index in [2.05, 4.69) is 32.9 Å². The zero-order valence-electron chi connectivity index (χ0n) is 12.6. The zero-order chi connectivity index (χ0) is 14.5. The zero-order valence-corrected chi connectivity index (χ0v) is 12.6. The Kier molecular flexibility index (Phi) is 5.83. The number of rotatable bonds is 6.